The zero-order valence-electron chi connectivity index (χ0n) is 8.40. The molecule has 1 rings (SSSR count). The number of carbonyl (C=O) groups is 1. The van der Waals surface area contributed by atoms with Crippen LogP contribution in [0.25, 0.3) is 0 Å². The normalized spacial score (nSPS) is 9.87. The Morgan fingerprint density at radius 1 is 1.53 bits per heavy atom. The highest BCUT2D eigenvalue weighted by Gasteiger charge is 1.95. The van der Waals surface area contributed by atoms with Gasteiger partial charge in [-0.1, -0.05) is 29.8 Å². The van der Waals surface area contributed by atoms with Crippen molar-refractivity contribution in [2.75, 3.05) is 0 Å². The van der Waals surface area contributed by atoms with Crippen molar-refractivity contribution in [2.45, 2.75) is 13.3 Å². The molecule has 4 heteroatoms. The Hall–Kier alpha value is -2.15. The second-order valence-electron chi connectivity index (χ2n) is 3.04. The first-order valence-electron chi connectivity index (χ1n) is 4.48. The van der Waals surface area contributed by atoms with Gasteiger partial charge in [0.2, 0.25) is 0 Å². The molecule has 0 aliphatic rings. The van der Waals surface area contributed by atoms with Crippen molar-refractivity contribution < 1.29 is 4.79 Å². The van der Waals surface area contributed by atoms with Gasteiger partial charge in [-0.05, 0) is 12.5 Å². The molecule has 0 unspecified atom stereocenters. The summed E-state index contributed by atoms with van der Waals surface area (Å²) >= 11 is 0. The minimum atomic E-state index is -0.402. The van der Waals surface area contributed by atoms with Gasteiger partial charge in [0.25, 0.3) is 5.91 Å². The molecule has 4 nitrogen and oxygen atoms in total. The molecule has 15 heavy (non-hydrogen) atoms. The number of carbonyl (C=O) groups excluding carboxylic acids is 1. The van der Waals surface area contributed by atoms with E-state index >= 15 is 0 Å². The molecule has 0 aliphatic carbocycles. The number of benzene rings is 1. The zero-order valence-corrected chi connectivity index (χ0v) is 8.40. The van der Waals surface area contributed by atoms with Gasteiger partial charge in [-0.25, -0.2) is 5.43 Å². The summed E-state index contributed by atoms with van der Waals surface area (Å²) in [7, 11) is 0. The third-order valence-electron chi connectivity index (χ3n) is 1.72. The molecule has 1 aromatic carbocycles. The van der Waals surface area contributed by atoms with Crippen molar-refractivity contribution in [1.82, 2.24) is 5.43 Å². The number of hydrogen-bond acceptors (Lipinski definition) is 3. The summed E-state index contributed by atoms with van der Waals surface area (Å²) in [6, 6.07) is 9.45. The van der Waals surface area contributed by atoms with Gasteiger partial charge in [0, 0.05) is 0 Å². The molecule has 0 radical (unpaired) electrons. The third kappa shape index (κ3) is 4.05. The monoisotopic (exact) mass is 201 g/mol. The summed E-state index contributed by atoms with van der Waals surface area (Å²) in [5.41, 5.74) is 4.32. The van der Waals surface area contributed by atoms with Gasteiger partial charge >= 0.3 is 0 Å². The highest BCUT2D eigenvalue weighted by Crippen LogP contribution is 1.99. The molecule has 0 atom stereocenters. The molecular formula is C11H11N3O. The van der Waals surface area contributed by atoms with E-state index in [4.69, 9.17) is 5.26 Å². The van der Waals surface area contributed by atoms with Crippen LogP contribution in [0.3, 0.4) is 0 Å². The van der Waals surface area contributed by atoms with Gasteiger partial charge in [0.1, 0.15) is 6.42 Å². The van der Waals surface area contributed by atoms with Crippen molar-refractivity contribution in [2.24, 2.45) is 5.10 Å². The molecule has 0 saturated carbocycles. The van der Waals surface area contributed by atoms with Crippen LogP contribution in [0.1, 0.15) is 17.5 Å². The number of hydrogen-bond donors (Lipinski definition) is 1. The number of aryl methyl sites for hydroxylation is 1. The molecule has 76 valence electrons. The van der Waals surface area contributed by atoms with E-state index in [1.165, 1.54) is 11.8 Å². The number of nitriles is 1. The van der Waals surface area contributed by atoms with Crippen LogP contribution in [0.5, 0.6) is 0 Å². The second-order valence-corrected chi connectivity index (χ2v) is 3.04. The molecule has 0 heterocycles. The van der Waals surface area contributed by atoms with Crippen molar-refractivity contribution in [3.8, 4) is 6.07 Å². The van der Waals surface area contributed by atoms with E-state index in [2.05, 4.69) is 10.5 Å². The van der Waals surface area contributed by atoms with Crippen molar-refractivity contribution in [3.05, 3.63) is 35.4 Å². The Bertz CT molecular complexity index is 401. The summed E-state index contributed by atoms with van der Waals surface area (Å²) < 4.78 is 0. The number of hydrazone groups is 1. The molecule has 0 saturated heterocycles. The third-order valence-corrected chi connectivity index (χ3v) is 1.72. The Kier molecular flexibility index (Phi) is 4.05. The average Bonchev–Trinajstić information content (AvgIpc) is 2.21. The first-order valence-corrected chi connectivity index (χ1v) is 4.48. The highest BCUT2D eigenvalue weighted by atomic mass is 16.2. The molecule has 0 bridgehead atoms. The fourth-order valence-electron chi connectivity index (χ4n) is 0.943. The summed E-state index contributed by atoms with van der Waals surface area (Å²) in [6.45, 7) is 2.00. The largest absolute Gasteiger partial charge is 0.272 e. The van der Waals surface area contributed by atoms with Crippen LogP contribution >= 0.6 is 0 Å². The Balaban J connectivity index is 2.48. The Labute approximate surface area is 88.2 Å². The molecule has 1 aromatic rings. The fourth-order valence-corrected chi connectivity index (χ4v) is 0.943. The van der Waals surface area contributed by atoms with Crippen LogP contribution in [0.2, 0.25) is 0 Å². The van der Waals surface area contributed by atoms with E-state index < -0.39 is 5.91 Å². The number of amides is 1. The van der Waals surface area contributed by atoms with E-state index in [0.717, 1.165) is 5.56 Å². The van der Waals surface area contributed by atoms with Gasteiger partial charge in [-0.2, -0.15) is 10.4 Å². The lowest BCUT2D eigenvalue weighted by Crippen LogP contribution is -2.16. The average molecular weight is 201 g/mol. The fraction of sp³-hybridized carbons (Fsp3) is 0.182. The quantitative estimate of drug-likeness (QED) is 0.592. The molecular weight excluding hydrogens is 190 g/mol. The first-order chi connectivity index (χ1) is 7.22. The maximum atomic E-state index is 10.8. The standard InChI is InChI=1S/C11H11N3O/c1-9-2-4-10(5-3-9)8-13-14-11(15)6-7-12/h2-5,8H,6H2,1H3,(H,14,15)/b13-8-. The van der Waals surface area contributed by atoms with E-state index in [9.17, 15) is 4.79 Å². The molecule has 1 amide bonds. The van der Waals surface area contributed by atoms with Crippen LogP contribution < -0.4 is 5.43 Å². The smallest absolute Gasteiger partial charge is 0.254 e. The van der Waals surface area contributed by atoms with Crippen LogP contribution in [0, 0.1) is 18.3 Å². The first kappa shape index (κ1) is 10.9. The number of nitrogens with zero attached hydrogens (tertiary/aromatic N) is 2. The maximum absolute atomic E-state index is 10.8. The van der Waals surface area contributed by atoms with E-state index in [1.54, 1.807) is 6.07 Å². The van der Waals surface area contributed by atoms with Gasteiger partial charge in [-0.3, -0.25) is 4.79 Å². The minimum absolute atomic E-state index is 0.175. The lowest BCUT2D eigenvalue weighted by atomic mass is 10.2. The van der Waals surface area contributed by atoms with Crippen LogP contribution in [0.4, 0.5) is 0 Å². The van der Waals surface area contributed by atoms with Crippen molar-refractivity contribution in [3.63, 3.8) is 0 Å². The van der Waals surface area contributed by atoms with Crippen LogP contribution in [-0.2, 0) is 4.79 Å². The second kappa shape index (κ2) is 5.55. The summed E-state index contributed by atoms with van der Waals surface area (Å²) in [5, 5.41) is 11.9. The van der Waals surface area contributed by atoms with E-state index in [1.807, 2.05) is 31.2 Å². The van der Waals surface area contributed by atoms with Crippen LogP contribution in [0.15, 0.2) is 29.4 Å². The SMILES string of the molecule is Cc1ccc(/C=N\NC(=O)CC#N)cc1. The van der Waals surface area contributed by atoms with Crippen molar-refractivity contribution in [1.29, 1.82) is 5.26 Å². The zero-order chi connectivity index (χ0) is 11.1. The number of nitrogens with one attached hydrogen (secondary N) is 1. The molecule has 1 N–H and O–H groups in total. The van der Waals surface area contributed by atoms with E-state index in [0.29, 0.717) is 0 Å². The summed E-state index contributed by atoms with van der Waals surface area (Å²) in [6.07, 6.45) is 1.36. The molecule has 0 spiro atoms. The Morgan fingerprint density at radius 3 is 2.80 bits per heavy atom. The minimum Gasteiger partial charge on any atom is -0.272 e. The highest BCUT2D eigenvalue weighted by molar-refractivity contribution is 5.83. The van der Waals surface area contributed by atoms with Crippen molar-refractivity contribution >= 4 is 12.1 Å². The van der Waals surface area contributed by atoms with Gasteiger partial charge < -0.3 is 0 Å². The summed E-state index contributed by atoms with van der Waals surface area (Å²) in [4.78, 5) is 10.8. The molecule has 0 aromatic heterocycles. The van der Waals surface area contributed by atoms with Crippen LogP contribution in [-0.4, -0.2) is 12.1 Å². The molecule has 0 aliphatic heterocycles. The summed E-state index contributed by atoms with van der Waals surface area (Å²) in [5.74, 6) is -0.402. The number of rotatable bonds is 3. The predicted octanol–water partition coefficient (Wildman–Crippen LogP) is 1.36. The topological polar surface area (TPSA) is 65.2 Å². The molecule has 0 fully saturated rings. The van der Waals surface area contributed by atoms with Gasteiger partial charge in [0.15, 0.2) is 0 Å². The van der Waals surface area contributed by atoms with Gasteiger partial charge in [0.05, 0.1) is 12.3 Å². The Morgan fingerprint density at radius 2 is 2.20 bits per heavy atom. The maximum Gasteiger partial charge on any atom is 0.254 e. The lowest BCUT2D eigenvalue weighted by Gasteiger charge is -1.95. The van der Waals surface area contributed by atoms with E-state index in [-0.39, 0.29) is 6.42 Å². The van der Waals surface area contributed by atoms with Gasteiger partial charge in [-0.15, -0.1) is 0 Å². The predicted molar refractivity (Wildman–Crippen MR) is 57.1 cm³/mol. The lowest BCUT2D eigenvalue weighted by molar-refractivity contribution is -0.120.